The Hall–Kier alpha value is -1.67. The van der Waals surface area contributed by atoms with Crippen molar-refractivity contribution in [3.63, 3.8) is 0 Å². The van der Waals surface area contributed by atoms with E-state index in [1.165, 1.54) is 5.56 Å². The minimum atomic E-state index is 0.586. The smallest absolute Gasteiger partial charge is 0.0892 e. The van der Waals surface area contributed by atoms with Crippen LogP contribution >= 0.6 is 0 Å². The fraction of sp³-hybridized carbons (Fsp3) is 0.0833. The third kappa shape index (κ3) is 1.80. The van der Waals surface area contributed by atoms with E-state index in [0.29, 0.717) is 6.54 Å². The molecule has 0 unspecified atom stereocenters. The average molecular weight is 183 g/mol. The number of benzene rings is 1. The summed E-state index contributed by atoms with van der Waals surface area (Å²) in [6.07, 6.45) is 4.56. The molecule has 0 aliphatic rings. The lowest BCUT2D eigenvalue weighted by atomic mass is 10.1. The monoisotopic (exact) mass is 183 g/mol. The molecule has 1 heterocycles. The number of rotatable bonds is 2. The van der Waals surface area contributed by atoms with Crippen molar-refractivity contribution in [1.29, 1.82) is 0 Å². The SMILES string of the molecule is NCc1ccc(-c2c[c]ncc2)cc1. The molecule has 1 aromatic carbocycles. The first-order valence-electron chi connectivity index (χ1n) is 4.51. The van der Waals surface area contributed by atoms with Gasteiger partial charge >= 0.3 is 0 Å². The van der Waals surface area contributed by atoms with Gasteiger partial charge in [0.05, 0.1) is 6.20 Å². The van der Waals surface area contributed by atoms with Gasteiger partial charge in [0.15, 0.2) is 0 Å². The zero-order valence-electron chi connectivity index (χ0n) is 7.77. The highest BCUT2D eigenvalue weighted by atomic mass is 14.6. The topological polar surface area (TPSA) is 38.9 Å². The molecular weight excluding hydrogens is 172 g/mol. The van der Waals surface area contributed by atoms with E-state index < -0.39 is 0 Å². The first kappa shape index (κ1) is 8.91. The van der Waals surface area contributed by atoms with E-state index in [0.717, 1.165) is 11.1 Å². The number of hydrogen-bond acceptors (Lipinski definition) is 2. The summed E-state index contributed by atoms with van der Waals surface area (Å²) in [5, 5.41) is 0. The van der Waals surface area contributed by atoms with Gasteiger partial charge in [0.1, 0.15) is 0 Å². The highest BCUT2D eigenvalue weighted by Gasteiger charge is 1.95. The molecule has 0 amide bonds. The third-order valence-electron chi connectivity index (χ3n) is 2.15. The molecule has 1 aromatic heterocycles. The van der Waals surface area contributed by atoms with Gasteiger partial charge in [-0.3, -0.25) is 4.98 Å². The predicted octanol–water partition coefficient (Wildman–Crippen LogP) is 2.01. The quantitative estimate of drug-likeness (QED) is 0.773. The number of hydrogen-bond donors (Lipinski definition) is 1. The van der Waals surface area contributed by atoms with Gasteiger partial charge in [-0.05, 0) is 28.8 Å². The molecule has 0 fully saturated rings. The first-order chi connectivity index (χ1) is 6.90. The van der Waals surface area contributed by atoms with Crippen LogP contribution in [-0.4, -0.2) is 4.98 Å². The molecule has 2 nitrogen and oxygen atoms in total. The molecule has 0 aliphatic heterocycles. The van der Waals surface area contributed by atoms with E-state index in [9.17, 15) is 0 Å². The fourth-order valence-corrected chi connectivity index (χ4v) is 1.33. The maximum atomic E-state index is 5.52. The van der Waals surface area contributed by atoms with Crippen LogP contribution in [0, 0.1) is 6.20 Å². The van der Waals surface area contributed by atoms with Gasteiger partial charge < -0.3 is 5.73 Å². The number of aromatic nitrogens is 1. The van der Waals surface area contributed by atoms with Crippen LogP contribution in [0.4, 0.5) is 0 Å². The van der Waals surface area contributed by atoms with Crippen molar-refractivity contribution in [2.75, 3.05) is 0 Å². The Morgan fingerprint density at radius 3 is 2.43 bits per heavy atom. The summed E-state index contributed by atoms with van der Waals surface area (Å²) in [4.78, 5) is 3.86. The fourth-order valence-electron chi connectivity index (χ4n) is 1.33. The number of nitrogens with zero attached hydrogens (tertiary/aromatic N) is 1. The van der Waals surface area contributed by atoms with E-state index in [2.05, 4.69) is 23.3 Å². The van der Waals surface area contributed by atoms with Crippen LogP contribution in [0.15, 0.2) is 42.6 Å². The maximum absolute atomic E-state index is 5.52. The Labute approximate surface area is 83.4 Å². The van der Waals surface area contributed by atoms with Crippen LogP contribution in [0.3, 0.4) is 0 Å². The molecule has 0 saturated carbocycles. The normalized spacial score (nSPS) is 10.1. The standard InChI is InChI=1S/C12H11N2/c13-9-10-1-3-11(4-2-10)12-5-7-14-8-6-12/h1-7H,9,13H2. The van der Waals surface area contributed by atoms with E-state index in [1.54, 1.807) is 6.20 Å². The van der Waals surface area contributed by atoms with Crippen molar-refractivity contribution in [2.24, 2.45) is 5.73 Å². The molecule has 0 atom stereocenters. The van der Waals surface area contributed by atoms with Gasteiger partial charge in [-0.15, -0.1) is 0 Å². The zero-order chi connectivity index (χ0) is 9.80. The Balaban J connectivity index is 2.34. The van der Waals surface area contributed by atoms with Crippen LogP contribution in [0.25, 0.3) is 11.1 Å². The second kappa shape index (κ2) is 4.03. The van der Waals surface area contributed by atoms with Crippen molar-refractivity contribution < 1.29 is 0 Å². The van der Waals surface area contributed by atoms with Gasteiger partial charge in [0.2, 0.25) is 0 Å². The van der Waals surface area contributed by atoms with Crippen molar-refractivity contribution in [2.45, 2.75) is 6.54 Å². The molecule has 2 heteroatoms. The van der Waals surface area contributed by atoms with Crippen LogP contribution in [0.5, 0.6) is 0 Å². The van der Waals surface area contributed by atoms with Crippen LogP contribution in [0.2, 0.25) is 0 Å². The molecule has 69 valence electrons. The van der Waals surface area contributed by atoms with Crippen LogP contribution < -0.4 is 5.73 Å². The second-order valence-corrected chi connectivity index (χ2v) is 3.07. The highest BCUT2D eigenvalue weighted by molar-refractivity contribution is 5.62. The van der Waals surface area contributed by atoms with Crippen molar-refractivity contribution in [1.82, 2.24) is 4.98 Å². The largest absolute Gasteiger partial charge is 0.326 e. The Kier molecular flexibility index (Phi) is 2.56. The molecule has 2 N–H and O–H groups in total. The third-order valence-corrected chi connectivity index (χ3v) is 2.15. The molecule has 0 saturated heterocycles. The molecule has 14 heavy (non-hydrogen) atoms. The van der Waals surface area contributed by atoms with Crippen molar-refractivity contribution >= 4 is 0 Å². The van der Waals surface area contributed by atoms with Gasteiger partial charge in [-0.25, -0.2) is 0 Å². The summed E-state index contributed by atoms with van der Waals surface area (Å²) in [7, 11) is 0. The molecule has 1 radical (unpaired) electrons. The van der Waals surface area contributed by atoms with Crippen LogP contribution in [-0.2, 0) is 6.54 Å². The Morgan fingerprint density at radius 2 is 1.86 bits per heavy atom. The van der Waals surface area contributed by atoms with Crippen molar-refractivity contribution in [3.8, 4) is 11.1 Å². The van der Waals surface area contributed by atoms with E-state index in [1.807, 2.05) is 24.3 Å². The van der Waals surface area contributed by atoms with Gasteiger partial charge in [-0.2, -0.15) is 0 Å². The summed E-state index contributed by atoms with van der Waals surface area (Å²) in [6.45, 7) is 0.586. The lowest BCUT2D eigenvalue weighted by Gasteiger charge is -2.01. The van der Waals surface area contributed by atoms with Crippen LogP contribution in [0.1, 0.15) is 5.56 Å². The summed E-state index contributed by atoms with van der Waals surface area (Å²) >= 11 is 0. The van der Waals surface area contributed by atoms with E-state index in [-0.39, 0.29) is 0 Å². The minimum Gasteiger partial charge on any atom is -0.326 e. The maximum Gasteiger partial charge on any atom is 0.0892 e. The second-order valence-electron chi connectivity index (χ2n) is 3.07. The zero-order valence-corrected chi connectivity index (χ0v) is 7.77. The predicted molar refractivity (Wildman–Crippen MR) is 56.4 cm³/mol. The molecule has 2 rings (SSSR count). The molecular formula is C12H11N2. The Morgan fingerprint density at radius 1 is 1.07 bits per heavy atom. The molecule has 0 aliphatic carbocycles. The number of nitrogens with two attached hydrogens (primary N) is 1. The molecule has 0 bridgehead atoms. The average Bonchev–Trinajstić information content (AvgIpc) is 2.30. The number of pyridine rings is 1. The lowest BCUT2D eigenvalue weighted by molar-refractivity contribution is 1.07. The minimum absolute atomic E-state index is 0.586. The Bertz CT molecular complexity index is 392. The first-order valence-corrected chi connectivity index (χ1v) is 4.51. The summed E-state index contributed by atoms with van der Waals surface area (Å²) < 4.78 is 0. The highest BCUT2D eigenvalue weighted by Crippen LogP contribution is 2.18. The summed E-state index contributed by atoms with van der Waals surface area (Å²) in [5.74, 6) is 0. The van der Waals surface area contributed by atoms with E-state index >= 15 is 0 Å². The molecule has 2 aromatic rings. The van der Waals surface area contributed by atoms with Gasteiger partial charge in [0.25, 0.3) is 0 Å². The lowest BCUT2D eigenvalue weighted by Crippen LogP contribution is -1.95. The van der Waals surface area contributed by atoms with Gasteiger partial charge in [-0.1, -0.05) is 24.3 Å². The van der Waals surface area contributed by atoms with Gasteiger partial charge in [0, 0.05) is 12.7 Å². The molecule has 0 spiro atoms. The van der Waals surface area contributed by atoms with E-state index in [4.69, 9.17) is 5.73 Å². The summed E-state index contributed by atoms with van der Waals surface area (Å²) in [6, 6.07) is 12.0. The summed E-state index contributed by atoms with van der Waals surface area (Å²) in [5.41, 5.74) is 8.96. The van der Waals surface area contributed by atoms with Crippen molar-refractivity contribution in [3.05, 3.63) is 54.4 Å².